The van der Waals surface area contributed by atoms with Gasteiger partial charge >= 0.3 is 0 Å². The molecular weight excluding hydrogens is 528 g/mol. The molecule has 39 heavy (non-hydrogen) atoms. The lowest BCUT2D eigenvalue weighted by molar-refractivity contribution is -0.118. The Morgan fingerprint density at radius 2 is 1.56 bits per heavy atom. The summed E-state index contributed by atoms with van der Waals surface area (Å²) in [5.41, 5.74) is 3.05. The minimum atomic E-state index is 0.0231. The second-order valence-corrected chi connectivity index (χ2v) is 12.1. The Morgan fingerprint density at radius 1 is 0.872 bits per heavy atom. The Kier molecular flexibility index (Phi) is 8.05. The predicted molar refractivity (Wildman–Crippen MR) is 160 cm³/mol. The molecule has 0 atom stereocenters. The normalized spacial score (nSPS) is 15.3. The molecule has 2 saturated heterocycles. The van der Waals surface area contributed by atoms with Crippen molar-refractivity contribution in [2.45, 2.75) is 36.4 Å². The second kappa shape index (κ2) is 12.2. The van der Waals surface area contributed by atoms with E-state index in [1.807, 2.05) is 30.3 Å². The molecule has 1 amide bonds. The molecule has 4 heterocycles. The molecule has 2 fully saturated rings. The number of thiazole rings is 1. The minimum absolute atomic E-state index is 0.0231. The molecule has 0 bridgehead atoms. The molecule has 4 aromatic rings. The molecule has 11 heteroatoms. The summed E-state index contributed by atoms with van der Waals surface area (Å²) in [6, 6.07) is 16.3. The van der Waals surface area contributed by atoms with Crippen LogP contribution >= 0.6 is 23.1 Å². The van der Waals surface area contributed by atoms with Crippen molar-refractivity contribution >= 4 is 62.8 Å². The van der Waals surface area contributed by atoms with Gasteiger partial charge in [-0.1, -0.05) is 42.1 Å². The summed E-state index contributed by atoms with van der Waals surface area (Å²) >= 11 is 3.07. The lowest BCUT2D eigenvalue weighted by Crippen LogP contribution is -2.27. The molecule has 202 valence electrons. The van der Waals surface area contributed by atoms with Gasteiger partial charge in [-0.05, 0) is 55.9 Å². The van der Waals surface area contributed by atoms with Crippen LogP contribution < -0.4 is 20.4 Å². The highest BCUT2D eigenvalue weighted by Crippen LogP contribution is 2.32. The lowest BCUT2D eigenvalue weighted by Gasteiger charge is -2.20. The number of carbonyl (C=O) groups excluding carboxylic acids is 1. The summed E-state index contributed by atoms with van der Waals surface area (Å²) in [5.74, 6) is 2.45. The van der Waals surface area contributed by atoms with Crippen molar-refractivity contribution in [2.75, 3.05) is 53.6 Å². The first kappa shape index (κ1) is 25.8. The van der Waals surface area contributed by atoms with Crippen LogP contribution in [-0.4, -0.2) is 64.3 Å². The zero-order chi connectivity index (χ0) is 26.4. The summed E-state index contributed by atoms with van der Waals surface area (Å²) in [6.07, 6.45) is 5.52. The van der Waals surface area contributed by atoms with Gasteiger partial charge < -0.3 is 20.4 Å². The summed E-state index contributed by atoms with van der Waals surface area (Å²) in [7, 11) is 0. The maximum Gasteiger partial charge on any atom is 0.233 e. The fourth-order valence-corrected chi connectivity index (χ4v) is 6.81. The van der Waals surface area contributed by atoms with Gasteiger partial charge in [0, 0.05) is 38.4 Å². The molecule has 9 nitrogen and oxygen atoms in total. The van der Waals surface area contributed by atoms with Gasteiger partial charge in [-0.15, -0.1) is 11.3 Å². The van der Waals surface area contributed by atoms with E-state index >= 15 is 0 Å². The highest BCUT2D eigenvalue weighted by molar-refractivity contribution is 8.01. The van der Waals surface area contributed by atoms with Crippen LogP contribution in [0.2, 0.25) is 0 Å². The van der Waals surface area contributed by atoms with E-state index in [9.17, 15) is 4.79 Å². The van der Waals surface area contributed by atoms with Crippen LogP contribution in [0.3, 0.4) is 0 Å². The van der Waals surface area contributed by atoms with E-state index in [-0.39, 0.29) is 5.91 Å². The highest BCUT2D eigenvalue weighted by atomic mass is 32.2. The second-order valence-electron chi connectivity index (χ2n) is 9.81. The van der Waals surface area contributed by atoms with Crippen LogP contribution in [0.25, 0.3) is 10.2 Å². The van der Waals surface area contributed by atoms with Gasteiger partial charge in [-0.3, -0.25) is 4.79 Å². The lowest BCUT2D eigenvalue weighted by atomic mass is 10.1. The predicted octanol–water partition coefficient (Wildman–Crippen LogP) is 4.88. The van der Waals surface area contributed by atoms with E-state index in [1.54, 1.807) is 11.3 Å². The van der Waals surface area contributed by atoms with Crippen molar-refractivity contribution in [1.29, 1.82) is 0 Å². The molecule has 2 aliphatic heterocycles. The van der Waals surface area contributed by atoms with Crippen molar-refractivity contribution in [1.82, 2.24) is 25.3 Å². The van der Waals surface area contributed by atoms with Crippen molar-refractivity contribution in [3.8, 4) is 0 Å². The average Bonchev–Trinajstić information content (AvgIpc) is 3.74. The number of fused-ring (bicyclic) bond motifs is 1. The van der Waals surface area contributed by atoms with Crippen molar-refractivity contribution in [2.24, 2.45) is 0 Å². The Hall–Kier alpha value is -3.44. The van der Waals surface area contributed by atoms with Crippen LogP contribution in [0.1, 0.15) is 31.2 Å². The van der Waals surface area contributed by atoms with Gasteiger partial charge in [0.05, 0.1) is 16.0 Å². The van der Waals surface area contributed by atoms with Crippen molar-refractivity contribution in [3.05, 3.63) is 54.1 Å². The third-order valence-corrected chi connectivity index (χ3v) is 9.08. The summed E-state index contributed by atoms with van der Waals surface area (Å²) in [6.45, 7) is 4.58. The largest absolute Gasteiger partial charge is 0.355 e. The van der Waals surface area contributed by atoms with Crippen molar-refractivity contribution in [3.63, 3.8) is 0 Å². The monoisotopic (exact) mass is 560 g/mol. The fraction of sp³-hybridized carbons (Fsp3) is 0.393. The third-order valence-electron chi connectivity index (χ3n) is 6.92. The maximum atomic E-state index is 12.3. The first-order valence-electron chi connectivity index (χ1n) is 13.6. The van der Waals surface area contributed by atoms with E-state index in [0.29, 0.717) is 18.2 Å². The topological polar surface area (TPSA) is 99.2 Å². The Morgan fingerprint density at radius 3 is 2.26 bits per heavy atom. The molecule has 6 rings (SSSR count). The summed E-state index contributed by atoms with van der Waals surface area (Å²) < 4.78 is 1.94. The van der Waals surface area contributed by atoms with Crippen LogP contribution in [0.5, 0.6) is 0 Å². The van der Waals surface area contributed by atoms with Gasteiger partial charge in [0.1, 0.15) is 0 Å². The summed E-state index contributed by atoms with van der Waals surface area (Å²) in [5, 5.41) is 6.41. The minimum Gasteiger partial charge on any atom is -0.355 e. The first-order valence-corrected chi connectivity index (χ1v) is 15.4. The molecule has 0 radical (unpaired) electrons. The standard InChI is InChI=1S/C28H32N8OS2/c37-24(29-13-12-20-8-2-1-3-9-20)19-38-28-31-22-11-10-21(18-23(22)39-28)30-25-32-26(35-14-4-5-15-35)34-27(33-25)36-16-6-7-17-36/h1-3,8-11,18H,4-7,12-17,19H2,(H,29,37)(H,30,32,33,34). The third kappa shape index (κ3) is 6.59. The maximum absolute atomic E-state index is 12.3. The Bertz CT molecular complexity index is 1380. The molecule has 2 aromatic carbocycles. The number of anilines is 4. The number of amides is 1. The highest BCUT2D eigenvalue weighted by Gasteiger charge is 2.21. The molecule has 2 N–H and O–H groups in total. The molecule has 0 unspecified atom stereocenters. The molecule has 2 aromatic heterocycles. The molecular formula is C28H32N8OS2. The zero-order valence-corrected chi connectivity index (χ0v) is 23.4. The molecule has 0 spiro atoms. The fourth-order valence-electron chi connectivity index (χ4n) is 4.87. The number of hydrogen-bond acceptors (Lipinski definition) is 10. The van der Waals surface area contributed by atoms with Gasteiger partial charge in [-0.25, -0.2) is 4.98 Å². The number of hydrogen-bond donors (Lipinski definition) is 2. The molecule has 2 aliphatic rings. The van der Waals surface area contributed by atoms with Gasteiger partial charge in [0.25, 0.3) is 0 Å². The number of aromatic nitrogens is 4. The Balaban J connectivity index is 1.09. The van der Waals surface area contributed by atoms with E-state index in [2.05, 4.69) is 38.6 Å². The van der Waals surface area contributed by atoms with Crippen LogP contribution in [0.15, 0.2) is 52.9 Å². The first-order chi connectivity index (χ1) is 19.2. The number of benzene rings is 2. The molecule has 0 aliphatic carbocycles. The van der Waals surface area contributed by atoms with E-state index < -0.39 is 0 Å². The van der Waals surface area contributed by atoms with E-state index in [4.69, 9.17) is 19.9 Å². The quantitative estimate of drug-likeness (QED) is 0.263. The van der Waals surface area contributed by atoms with E-state index in [1.165, 1.54) is 43.0 Å². The smallest absolute Gasteiger partial charge is 0.233 e. The van der Waals surface area contributed by atoms with E-state index in [0.717, 1.165) is 64.7 Å². The van der Waals surface area contributed by atoms with Gasteiger partial charge in [0.2, 0.25) is 23.8 Å². The van der Waals surface area contributed by atoms with Crippen LogP contribution in [0, 0.1) is 0 Å². The number of nitrogens with zero attached hydrogens (tertiary/aromatic N) is 6. The number of carbonyl (C=O) groups is 1. The van der Waals surface area contributed by atoms with Crippen molar-refractivity contribution < 1.29 is 4.79 Å². The SMILES string of the molecule is O=C(CSc1nc2ccc(Nc3nc(N4CCCC4)nc(N4CCCC4)n3)cc2s1)NCCc1ccccc1. The van der Waals surface area contributed by atoms with Crippen LogP contribution in [0.4, 0.5) is 23.5 Å². The van der Waals surface area contributed by atoms with Gasteiger partial charge in [0.15, 0.2) is 4.34 Å². The summed E-state index contributed by atoms with van der Waals surface area (Å²) in [4.78, 5) is 35.9. The zero-order valence-electron chi connectivity index (χ0n) is 21.8. The number of thioether (sulfide) groups is 1. The number of nitrogens with one attached hydrogen (secondary N) is 2. The Labute approximate surface area is 236 Å². The van der Waals surface area contributed by atoms with Crippen LogP contribution in [-0.2, 0) is 11.2 Å². The van der Waals surface area contributed by atoms with Gasteiger partial charge in [-0.2, -0.15) is 15.0 Å². The average molecular weight is 561 g/mol. The number of rotatable bonds is 10. The molecule has 0 saturated carbocycles.